The zero-order valence-corrected chi connectivity index (χ0v) is 15.5. The first-order valence-electron chi connectivity index (χ1n) is 9.21. The molecule has 0 heterocycles. The number of carboxylic acid groups (broad SMARTS) is 1. The van der Waals surface area contributed by atoms with Gasteiger partial charge < -0.3 is 10.4 Å². The van der Waals surface area contributed by atoms with Crippen LogP contribution in [0.5, 0.6) is 0 Å². The fourth-order valence-corrected chi connectivity index (χ4v) is 5.58. The quantitative estimate of drug-likeness (QED) is 0.653. The van der Waals surface area contributed by atoms with Gasteiger partial charge in [0.25, 0.3) is 0 Å². The van der Waals surface area contributed by atoms with Crippen molar-refractivity contribution in [3.05, 3.63) is 0 Å². The van der Waals surface area contributed by atoms with Gasteiger partial charge in [0.1, 0.15) is 6.04 Å². The Labute approximate surface area is 150 Å². The topological polar surface area (TPSA) is 78.4 Å². The summed E-state index contributed by atoms with van der Waals surface area (Å²) in [6.45, 7) is 3.74. The number of carbonyl (C=O) groups excluding carboxylic acids is 1. The predicted molar refractivity (Wildman–Crippen MR) is 95.2 cm³/mol. The molecule has 4 bridgehead atoms. The second kappa shape index (κ2) is 7.61. The van der Waals surface area contributed by atoms with E-state index < -0.39 is 18.1 Å². The Morgan fingerprint density at radius 1 is 1.12 bits per heavy atom. The molecule has 24 heavy (non-hydrogen) atoms. The van der Waals surface area contributed by atoms with Gasteiger partial charge in [-0.05, 0) is 69.6 Å². The van der Waals surface area contributed by atoms with Gasteiger partial charge in [-0.15, -0.1) is 12.4 Å². The van der Waals surface area contributed by atoms with Gasteiger partial charge in [-0.1, -0.05) is 13.3 Å². The van der Waals surface area contributed by atoms with Crippen molar-refractivity contribution >= 4 is 24.3 Å². The summed E-state index contributed by atoms with van der Waals surface area (Å²) in [5.41, 5.74) is -0.00868. The van der Waals surface area contributed by atoms with Crippen molar-refractivity contribution in [3.8, 4) is 0 Å². The molecule has 138 valence electrons. The van der Waals surface area contributed by atoms with Crippen LogP contribution >= 0.6 is 12.4 Å². The maximum Gasteiger partial charge on any atom is 0.320 e. The summed E-state index contributed by atoms with van der Waals surface area (Å²) >= 11 is 0. The Morgan fingerprint density at radius 3 is 2.04 bits per heavy atom. The van der Waals surface area contributed by atoms with Crippen LogP contribution in [0.2, 0.25) is 0 Å². The number of aliphatic carboxylic acids is 1. The summed E-state index contributed by atoms with van der Waals surface area (Å²) in [7, 11) is 0. The molecule has 1 amide bonds. The van der Waals surface area contributed by atoms with Gasteiger partial charge in [-0.2, -0.15) is 0 Å². The number of rotatable bonds is 7. The summed E-state index contributed by atoms with van der Waals surface area (Å²) in [5.74, 6) is 1.46. The minimum Gasteiger partial charge on any atom is -0.480 e. The maximum atomic E-state index is 12.6. The van der Waals surface area contributed by atoms with E-state index in [-0.39, 0.29) is 23.9 Å². The molecule has 4 aliphatic rings. The lowest BCUT2D eigenvalue weighted by Gasteiger charge is -2.57. The van der Waals surface area contributed by atoms with Crippen LogP contribution < -0.4 is 10.6 Å². The number of nitrogens with one attached hydrogen (secondary N) is 2. The molecule has 0 spiro atoms. The maximum absolute atomic E-state index is 12.6. The van der Waals surface area contributed by atoms with E-state index in [1.54, 1.807) is 6.92 Å². The van der Waals surface area contributed by atoms with Crippen molar-refractivity contribution < 1.29 is 14.7 Å². The molecular weight excluding hydrogens is 328 g/mol. The molecule has 6 heteroatoms. The van der Waals surface area contributed by atoms with E-state index in [0.29, 0.717) is 6.42 Å². The van der Waals surface area contributed by atoms with Gasteiger partial charge in [0.2, 0.25) is 5.91 Å². The Kier molecular flexibility index (Phi) is 6.19. The number of carboxylic acids is 1. The van der Waals surface area contributed by atoms with Gasteiger partial charge in [-0.25, -0.2) is 0 Å². The molecule has 0 aromatic heterocycles. The highest BCUT2D eigenvalue weighted by Gasteiger charge is 2.51. The summed E-state index contributed by atoms with van der Waals surface area (Å²) < 4.78 is 0. The second-order valence-electron chi connectivity index (χ2n) is 8.25. The van der Waals surface area contributed by atoms with Crippen molar-refractivity contribution in [2.45, 2.75) is 82.8 Å². The van der Waals surface area contributed by atoms with Crippen LogP contribution in [0.25, 0.3) is 0 Å². The fraction of sp³-hybridized carbons (Fsp3) is 0.889. The second-order valence-corrected chi connectivity index (χ2v) is 8.25. The molecule has 0 aromatic rings. The van der Waals surface area contributed by atoms with E-state index in [1.807, 2.05) is 6.92 Å². The van der Waals surface area contributed by atoms with Crippen LogP contribution in [-0.4, -0.2) is 34.6 Å². The standard InChI is InChI=1S/C18H30N2O3.ClH/c1-3-4-15(17(22)23)19-11(2)16(21)20-18-8-12-5-13(9-18)7-14(6-12)10-18;/h11-15,19H,3-10H2,1-2H3,(H,20,21)(H,22,23);1H. The highest BCUT2D eigenvalue weighted by Crippen LogP contribution is 2.55. The highest BCUT2D eigenvalue weighted by molar-refractivity contribution is 5.85. The van der Waals surface area contributed by atoms with E-state index in [0.717, 1.165) is 43.4 Å². The molecular formula is C18H31ClN2O3. The third-order valence-electron chi connectivity index (χ3n) is 6.15. The Morgan fingerprint density at radius 2 is 1.62 bits per heavy atom. The molecule has 4 aliphatic carbocycles. The summed E-state index contributed by atoms with van der Waals surface area (Å²) in [6, 6.07) is -1.10. The van der Waals surface area contributed by atoms with E-state index >= 15 is 0 Å². The van der Waals surface area contributed by atoms with Crippen molar-refractivity contribution in [2.24, 2.45) is 17.8 Å². The zero-order valence-electron chi connectivity index (χ0n) is 14.7. The van der Waals surface area contributed by atoms with Crippen molar-refractivity contribution in [2.75, 3.05) is 0 Å². The SMILES string of the molecule is CCCC(NC(C)C(=O)NC12CC3CC(CC(C3)C1)C2)C(=O)O.Cl. The van der Waals surface area contributed by atoms with Crippen molar-refractivity contribution in [1.29, 1.82) is 0 Å². The molecule has 2 unspecified atom stereocenters. The number of hydrogen-bond donors (Lipinski definition) is 3. The van der Waals surface area contributed by atoms with E-state index in [4.69, 9.17) is 0 Å². The van der Waals surface area contributed by atoms with Gasteiger partial charge in [0.05, 0.1) is 6.04 Å². The first-order valence-corrected chi connectivity index (χ1v) is 9.21. The molecule has 4 rings (SSSR count). The zero-order chi connectivity index (χ0) is 16.6. The largest absolute Gasteiger partial charge is 0.480 e. The first kappa shape index (κ1) is 19.5. The van der Waals surface area contributed by atoms with E-state index in [9.17, 15) is 14.7 Å². The lowest BCUT2D eigenvalue weighted by atomic mass is 9.53. The highest BCUT2D eigenvalue weighted by atomic mass is 35.5. The van der Waals surface area contributed by atoms with Crippen LogP contribution in [0.4, 0.5) is 0 Å². The van der Waals surface area contributed by atoms with Crippen molar-refractivity contribution in [1.82, 2.24) is 10.6 Å². The summed E-state index contributed by atoms with van der Waals surface area (Å²) in [4.78, 5) is 23.9. The first-order chi connectivity index (χ1) is 10.9. The van der Waals surface area contributed by atoms with Gasteiger partial charge >= 0.3 is 5.97 Å². The molecule has 4 saturated carbocycles. The van der Waals surface area contributed by atoms with Gasteiger partial charge in [0, 0.05) is 5.54 Å². The lowest BCUT2D eigenvalue weighted by molar-refractivity contribution is -0.140. The minimum absolute atomic E-state index is 0. The lowest BCUT2D eigenvalue weighted by Crippen LogP contribution is -2.62. The molecule has 2 atom stereocenters. The molecule has 3 N–H and O–H groups in total. The molecule has 4 fully saturated rings. The average molecular weight is 359 g/mol. The van der Waals surface area contributed by atoms with Crippen LogP contribution in [0.1, 0.15) is 65.2 Å². The van der Waals surface area contributed by atoms with Crippen LogP contribution in [0.15, 0.2) is 0 Å². The molecule has 0 radical (unpaired) electrons. The third-order valence-corrected chi connectivity index (χ3v) is 6.15. The Hall–Kier alpha value is -0.810. The molecule has 0 saturated heterocycles. The minimum atomic E-state index is -0.874. The normalized spacial score (nSPS) is 35.8. The number of hydrogen-bond acceptors (Lipinski definition) is 3. The molecule has 0 aromatic carbocycles. The van der Waals surface area contributed by atoms with Gasteiger partial charge in [0.15, 0.2) is 0 Å². The van der Waals surface area contributed by atoms with Crippen LogP contribution in [0, 0.1) is 17.8 Å². The smallest absolute Gasteiger partial charge is 0.320 e. The van der Waals surface area contributed by atoms with E-state index in [1.165, 1.54) is 19.3 Å². The van der Waals surface area contributed by atoms with Crippen LogP contribution in [0.3, 0.4) is 0 Å². The molecule has 5 nitrogen and oxygen atoms in total. The van der Waals surface area contributed by atoms with Crippen molar-refractivity contribution in [3.63, 3.8) is 0 Å². The Balaban J connectivity index is 0.00000208. The monoisotopic (exact) mass is 358 g/mol. The number of halogens is 1. The van der Waals surface area contributed by atoms with Crippen LogP contribution in [-0.2, 0) is 9.59 Å². The molecule has 0 aliphatic heterocycles. The van der Waals surface area contributed by atoms with E-state index in [2.05, 4.69) is 10.6 Å². The average Bonchev–Trinajstić information content (AvgIpc) is 2.44. The fourth-order valence-electron chi connectivity index (χ4n) is 5.58. The summed E-state index contributed by atoms with van der Waals surface area (Å²) in [6.07, 6.45) is 8.73. The summed E-state index contributed by atoms with van der Waals surface area (Å²) in [5, 5.41) is 15.5. The Bertz CT molecular complexity index is 448. The van der Waals surface area contributed by atoms with Gasteiger partial charge in [-0.3, -0.25) is 14.9 Å². The third kappa shape index (κ3) is 4.05. The predicted octanol–water partition coefficient (Wildman–Crippen LogP) is 2.72. The number of amides is 1. The number of carbonyl (C=O) groups is 2.